The largest absolute Gasteiger partial charge is 0.491 e. The van der Waals surface area contributed by atoms with Crippen molar-refractivity contribution in [2.45, 2.75) is 45.1 Å². The first kappa shape index (κ1) is 25.5. The standard InChI is InChI=1S/C30H33FN2O3S/c1-20(2)22-8-10-25(11-9-22)36-19-27-26-13-15-37-28(26)12-14-33(27)29(34)18-32(17-21-6-7-21)30(35)23-4-3-5-24(31)16-23/h3-5,8-11,13,15-16,20-21,27H,6-7,12,14,17-19H2,1-2H3. The van der Waals surface area contributed by atoms with Crippen molar-refractivity contribution in [2.24, 2.45) is 5.92 Å². The maximum absolute atomic E-state index is 13.8. The zero-order valence-corrected chi connectivity index (χ0v) is 22.2. The third kappa shape index (κ3) is 6.04. The topological polar surface area (TPSA) is 49.9 Å². The molecule has 2 heterocycles. The van der Waals surface area contributed by atoms with Gasteiger partial charge in [-0.3, -0.25) is 9.59 Å². The second-order valence-corrected chi connectivity index (χ2v) is 11.3. The van der Waals surface area contributed by atoms with E-state index in [1.807, 2.05) is 17.0 Å². The van der Waals surface area contributed by atoms with Gasteiger partial charge >= 0.3 is 0 Å². The number of amides is 2. The molecule has 3 aromatic rings. The summed E-state index contributed by atoms with van der Waals surface area (Å²) in [4.78, 5) is 31.7. The summed E-state index contributed by atoms with van der Waals surface area (Å²) < 4.78 is 20.0. The van der Waals surface area contributed by atoms with Crippen molar-refractivity contribution in [1.82, 2.24) is 9.80 Å². The summed E-state index contributed by atoms with van der Waals surface area (Å²) >= 11 is 1.71. The second kappa shape index (κ2) is 11.1. The van der Waals surface area contributed by atoms with Gasteiger partial charge in [0.1, 0.15) is 24.7 Å². The van der Waals surface area contributed by atoms with Gasteiger partial charge in [0, 0.05) is 23.5 Å². The van der Waals surface area contributed by atoms with Crippen LogP contribution in [0.1, 0.15) is 65.0 Å². The Kier molecular flexibility index (Phi) is 7.60. The molecule has 7 heteroatoms. The normalized spacial score (nSPS) is 17.0. The third-order valence-electron chi connectivity index (χ3n) is 7.23. The molecule has 1 saturated carbocycles. The van der Waals surface area contributed by atoms with Crippen LogP contribution in [0.4, 0.5) is 4.39 Å². The van der Waals surface area contributed by atoms with E-state index in [1.165, 1.54) is 28.6 Å². The fraction of sp³-hybridized carbons (Fsp3) is 0.400. The number of rotatable bonds is 9. The first-order chi connectivity index (χ1) is 17.9. The lowest BCUT2D eigenvalue weighted by atomic mass is 10.00. The number of nitrogens with zero attached hydrogens (tertiary/aromatic N) is 2. The Morgan fingerprint density at radius 2 is 1.92 bits per heavy atom. The van der Waals surface area contributed by atoms with Gasteiger partial charge in [-0.15, -0.1) is 11.3 Å². The molecule has 1 aromatic heterocycles. The second-order valence-electron chi connectivity index (χ2n) is 10.3. The van der Waals surface area contributed by atoms with Gasteiger partial charge in [-0.1, -0.05) is 32.0 Å². The molecule has 1 atom stereocenters. The number of thiophene rings is 1. The first-order valence-electron chi connectivity index (χ1n) is 13.0. The van der Waals surface area contributed by atoms with Crippen LogP contribution in [-0.4, -0.2) is 47.9 Å². The van der Waals surface area contributed by atoms with Crippen LogP contribution in [0.15, 0.2) is 60.0 Å². The summed E-state index contributed by atoms with van der Waals surface area (Å²) in [5, 5.41) is 2.07. The van der Waals surface area contributed by atoms with Crippen molar-refractivity contribution >= 4 is 23.2 Å². The summed E-state index contributed by atoms with van der Waals surface area (Å²) in [5.74, 6) is 0.765. The minimum atomic E-state index is -0.455. The molecule has 0 bridgehead atoms. The monoisotopic (exact) mass is 520 g/mol. The molecule has 194 valence electrons. The van der Waals surface area contributed by atoms with E-state index in [1.54, 1.807) is 22.3 Å². The molecule has 0 saturated heterocycles. The van der Waals surface area contributed by atoms with E-state index in [-0.39, 0.29) is 30.0 Å². The summed E-state index contributed by atoms with van der Waals surface area (Å²) in [6.45, 7) is 5.73. The smallest absolute Gasteiger partial charge is 0.254 e. The van der Waals surface area contributed by atoms with E-state index in [2.05, 4.69) is 37.4 Å². The number of hydrogen-bond acceptors (Lipinski definition) is 4. The van der Waals surface area contributed by atoms with Crippen molar-refractivity contribution < 1.29 is 18.7 Å². The molecule has 0 radical (unpaired) electrons. The molecule has 1 aliphatic carbocycles. The highest BCUT2D eigenvalue weighted by atomic mass is 32.1. The predicted octanol–water partition coefficient (Wildman–Crippen LogP) is 6.07. The lowest BCUT2D eigenvalue weighted by Gasteiger charge is -2.37. The fourth-order valence-corrected chi connectivity index (χ4v) is 5.82. The quantitative estimate of drug-likeness (QED) is 0.344. The van der Waals surface area contributed by atoms with Gasteiger partial charge < -0.3 is 14.5 Å². The number of benzene rings is 2. The van der Waals surface area contributed by atoms with Crippen LogP contribution in [0.25, 0.3) is 0 Å². The zero-order valence-electron chi connectivity index (χ0n) is 21.4. The van der Waals surface area contributed by atoms with Crippen LogP contribution in [0.3, 0.4) is 0 Å². The molecule has 0 N–H and O–H groups in total. The van der Waals surface area contributed by atoms with Crippen molar-refractivity contribution in [3.63, 3.8) is 0 Å². The van der Waals surface area contributed by atoms with E-state index < -0.39 is 5.82 Å². The highest BCUT2D eigenvalue weighted by Gasteiger charge is 2.35. The zero-order chi connectivity index (χ0) is 25.9. The van der Waals surface area contributed by atoms with Crippen LogP contribution in [0.2, 0.25) is 0 Å². The lowest BCUT2D eigenvalue weighted by molar-refractivity contribution is -0.135. The summed E-state index contributed by atoms with van der Waals surface area (Å²) in [6, 6.07) is 15.7. The molecule has 37 heavy (non-hydrogen) atoms. The minimum Gasteiger partial charge on any atom is -0.491 e. The van der Waals surface area contributed by atoms with E-state index in [4.69, 9.17) is 4.74 Å². The first-order valence-corrected chi connectivity index (χ1v) is 13.9. The number of hydrogen-bond donors (Lipinski definition) is 0. The molecule has 2 aromatic carbocycles. The van der Waals surface area contributed by atoms with E-state index >= 15 is 0 Å². The number of carbonyl (C=O) groups excluding carboxylic acids is 2. The Morgan fingerprint density at radius 1 is 1.14 bits per heavy atom. The predicted molar refractivity (Wildman–Crippen MR) is 144 cm³/mol. The molecule has 5 nitrogen and oxygen atoms in total. The highest BCUT2D eigenvalue weighted by Crippen LogP contribution is 2.35. The Morgan fingerprint density at radius 3 is 2.62 bits per heavy atom. The average molecular weight is 521 g/mol. The summed E-state index contributed by atoms with van der Waals surface area (Å²) in [6.07, 6.45) is 2.89. The lowest BCUT2D eigenvalue weighted by Crippen LogP contribution is -2.48. The molecular weight excluding hydrogens is 487 g/mol. The van der Waals surface area contributed by atoms with Gasteiger partial charge in [-0.2, -0.15) is 0 Å². The van der Waals surface area contributed by atoms with E-state index in [9.17, 15) is 14.0 Å². The third-order valence-corrected chi connectivity index (χ3v) is 8.23. The van der Waals surface area contributed by atoms with Gasteiger partial charge in [0.25, 0.3) is 5.91 Å². The molecule has 1 aliphatic heterocycles. The Labute approximate surface area is 221 Å². The highest BCUT2D eigenvalue weighted by molar-refractivity contribution is 7.10. The van der Waals surface area contributed by atoms with Gasteiger partial charge in [0.15, 0.2) is 0 Å². The van der Waals surface area contributed by atoms with Crippen molar-refractivity contribution in [3.8, 4) is 5.75 Å². The molecule has 2 aliphatic rings. The van der Waals surface area contributed by atoms with Gasteiger partial charge in [-0.05, 0) is 84.0 Å². The van der Waals surface area contributed by atoms with Crippen LogP contribution in [0, 0.1) is 11.7 Å². The maximum Gasteiger partial charge on any atom is 0.254 e. The number of ether oxygens (including phenoxy) is 1. The maximum atomic E-state index is 13.8. The van der Waals surface area contributed by atoms with Crippen molar-refractivity contribution in [1.29, 1.82) is 0 Å². The van der Waals surface area contributed by atoms with Crippen LogP contribution in [-0.2, 0) is 11.2 Å². The van der Waals surface area contributed by atoms with Crippen LogP contribution in [0.5, 0.6) is 5.75 Å². The molecule has 5 rings (SSSR count). The van der Waals surface area contributed by atoms with Crippen molar-refractivity contribution in [2.75, 3.05) is 26.2 Å². The molecule has 0 spiro atoms. The Hall–Kier alpha value is -3.19. The summed E-state index contributed by atoms with van der Waals surface area (Å²) in [5.41, 5.74) is 2.64. The molecule has 1 fully saturated rings. The SMILES string of the molecule is CC(C)c1ccc(OCC2c3ccsc3CCN2C(=O)CN(CC2CC2)C(=O)c2cccc(F)c2)cc1. The number of halogens is 1. The fourth-order valence-electron chi connectivity index (χ4n) is 4.89. The van der Waals surface area contributed by atoms with Gasteiger partial charge in [0.2, 0.25) is 5.91 Å². The summed E-state index contributed by atoms with van der Waals surface area (Å²) in [7, 11) is 0. The van der Waals surface area contributed by atoms with Crippen LogP contribution < -0.4 is 4.74 Å². The van der Waals surface area contributed by atoms with Gasteiger partial charge in [0.05, 0.1) is 6.04 Å². The molecular formula is C30H33FN2O3S. The van der Waals surface area contributed by atoms with Gasteiger partial charge in [-0.25, -0.2) is 4.39 Å². The van der Waals surface area contributed by atoms with Crippen LogP contribution >= 0.6 is 11.3 Å². The van der Waals surface area contributed by atoms with E-state index in [0.717, 1.165) is 30.6 Å². The Balaban J connectivity index is 1.32. The van der Waals surface area contributed by atoms with Crippen molar-refractivity contribution in [3.05, 3.63) is 87.4 Å². The number of carbonyl (C=O) groups is 2. The average Bonchev–Trinajstić information content (AvgIpc) is 3.58. The number of fused-ring (bicyclic) bond motifs is 1. The minimum absolute atomic E-state index is 0.0229. The van der Waals surface area contributed by atoms with E-state index in [0.29, 0.717) is 31.5 Å². The molecule has 2 amide bonds. The molecule has 1 unspecified atom stereocenters. The Bertz CT molecular complexity index is 1250.